The molecule has 1 fully saturated rings. The van der Waals surface area contributed by atoms with Crippen molar-refractivity contribution in [2.75, 3.05) is 6.54 Å². The first-order chi connectivity index (χ1) is 14.9. The number of carbonyl (C=O) groups is 1. The first-order valence-corrected chi connectivity index (χ1v) is 10.3. The number of hydrogen-bond acceptors (Lipinski definition) is 3. The average molecular weight is 434 g/mol. The summed E-state index contributed by atoms with van der Waals surface area (Å²) < 4.78 is 57.9. The van der Waals surface area contributed by atoms with E-state index in [1.807, 2.05) is 11.5 Å². The van der Waals surface area contributed by atoms with Crippen LogP contribution in [0.25, 0.3) is 11.2 Å². The molecule has 0 atom stereocenters. The van der Waals surface area contributed by atoms with Crippen LogP contribution in [0.3, 0.4) is 0 Å². The van der Waals surface area contributed by atoms with E-state index in [9.17, 15) is 22.4 Å². The molecule has 4 rings (SSSR count). The highest BCUT2D eigenvalue weighted by Gasteiger charge is 2.30. The summed E-state index contributed by atoms with van der Waals surface area (Å²) in [5.74, 6) is -6.71. The van der Waals surface area contributed by atoms with Crippen LogP contribution in [0.1, 0.15) is 48.8 Å². The number of benzene rings is 1. The van der Waals surface area contributed by atoms with Gasteiger partial charge in [-0.15, -0.1) is 0 Å². The van der Waals surface area contributed by atoms with Gasteiger partial charge in [-0.25, -0.2) is 27.5 Å². The van der Waals surface area contributed by atoms with Crippen LogP contribution < -0.4 is 0 Å². The Hall–Kier alpha value is -2.97. The van der Waals surface area contributed by atoms with Crippen LogP contribution in [0.4, 0.5) is 17.6 Å². The molecule has 9 heteroatoms. The summed E-state index contributed by atoms with van der Waals surface area (Å²) >= 11 is 0. The second-order valence-corrected chi connectivity index (χ2v) is 7.85. The lowest BCUT2D eigenvalue weighted by atomic mass is 10.1. The van der Waals surface area contributed by atoms with Crippen molar-refractivity contribution >= 4 is 17.1 Å². The van der Waals surface area contributed by atoms with Gasteiger partial charge in [0.15, 0.2) is 28.9 Å². The molecule has 5 nitrogen and oxygen atoms in total. The third-order valence-electron chi connectivity index (χ3n) is 5.45. The van der Waals surface area contributed by atoms with Gasteiger partial charge in [-0.3, -0.25) is 4.79 Å². The van der Waals surface area contributed by atoms with Crippen molar-refractivity contribution in [2.45, 2.75) is 45.7 Å². The molecule has 1 amide bonds. The van der Waals surface area contributed by atoms with Crippen LogP contribution in [-0.4, -0.2) is 31.9 Å². The smallest absolute Gasteiger partial charge is 0.260 e. The van der Waals surface area contributed by atoms with E-state index in [2.05, 4.69) is 9.97 Å². The number of unbranched alkanes of at least 4 members (excludes halogenated alkanes) is 1. The fourth-order valence-electron chi connectivity index (χ4n) is 3.57. The van der Waals surface area contributed by atoms with Gasteiger partial charge in [-0.05, 0) is 37.3 Å². The molecule has 2 heterocycles. The van der Waals surface area contributed by atoms with Crippen LogP contribution in [-0.2, 0) is 13.1 Å². The summed E-state index contributed by atoms with van der Waals surface area (Å²) in [5, 5.41) is 0. The molecule has 0 saturated heterocycles. The Morgan fingerprint density at radius 2 is 1.90 bits per heavy atom. The van der Waals surface area contributed by atoms with Gasteiger partial charge in [0.2, 0.25) is 0 Å². The molecule has 2 aromatic heterocycles. The van der Waals surface area contributed by atoms with Crippen molar-refractivity contribution in [1.29, 1.82) is 0 Å². The van der Waals surface area contributed by atoms with Gasteiger partial charge in [-0.2, -0.15) is 0 Å². The number of rotatable bonds is 8. The molecule has 3 aromatic rings. The maximum Gasteiger partial charge on any atom is 0.260 e. The van der Waals surface area contributed by atoms with E-state index >= 15 is 0 Å². The number of fused-ring (bicyclic) bond motifs is 1. The van der Waals surface area contributed by atoms with Gasteiger partial charge in [0.05, 0.1) is 6.54 Å². The lowest BCUT2D eigenvalue weighted by Crippen LogP contribution is -2.34. The summed E-state index contributed by atoms with van der Waals surface area (Å²) in [6.45, 7) is 2.68. The molecule has 164 valence electrons. The molecule has 1 saturated carbocycles. The standard InChI is InChI=1S/C22H22F4N4O/c1-2-3-9-29(22(31)18-19(25)14(23)10-15(24)20(18)26)12-17-28-16-5-4-8-27-21(16)30(17)11-13-6-7-13/h4-5,8,10,13H,2-3,6-7,9,11-12H2,1H3. The molecule has 0 bridgehead atoms. The van der Waals surface area contributed by atoms with E-state index in [1.54, 1.807) is 18.3 Å². The third-order valence-corrected chi connectivity index (χ3v) is 5.45. The van der Waals surface area contributed by atoms with Crippen molar-refractivity contribution in [3.05, 3.63) is 59.1 Å². The summed E-state index contributed by atoms with van der Waals surface area (Å²) in [6, 6.07) is 3.65. The number of carbonyl (C=O) groups excluding carboxylic acids is 1. The van der Waals surface area contributed by atoms with Crippen LogP contribution in [0.5, 0.6) is 0 Å². The Bertz CT molecular complexity index is 1100. The maximum atomic E-state index is 14.3. The summed E-state index contributed by atoms with van der Waals surface area (Å²) in [6.07, 6.45) is 5.09. The third kappa shape index (κ3) is 4.26. The maximum absolute atomic E-state index is 14.3. The molecule has 1 aromatic carbocycles. The van der Waals surface area contributed by atoms with Crippen molar-refractivity contribution in [3.8, 4) is 0 Å². The summed E-state index contributed by atoms with van der Waals surface area (Å²) in [4.78, 5) is 23.2. The first-order valence-electron chi connectivity index (χ1n) is 10.3. The number of imidazole rings is 1. The van der Waals surface area contributed by atoms with E-state index in [0.717, 1.165) is 12.8 Å². The highest BCUT2D eigenvalue weighted by atomic mass is 19.2. The van der Waals surface area contributed by atoms with Crippen molar-refractivity contribution < 1.29 is 22.4 Å². The normalized spacial score (nSPS) is 13.7. The summed E-state index contributed by atoms with van der Waals surface area (Å²) in [7, 11) is 0. The Morgan fingerprint density at radius 1 is 1.19 bits per heavy atom. The number of amides is 1. The van der Waals surface area contributed by atoms with E-state index in [0.29, 0.717) is 42.3 Å². The minimum atomic E-state index is -1.70. The van der Waals surface area contributed by atoms with Gasteiger partial charge < -0.3 is 9.47 Å². The molecule has 0 unspecified atom stereocenters. The molecule has 0 spiro atoms. The second-order valence-electron chi connectivity index (χ2n) is 7.85. The minimum Gasteiger partial charge on any atom is -0.331 e. The van der Waals surface area contributed by atoms with Crippen LogP contribution in [0.2, 0.25) is 0 Å². The van der Waals surface area contributed by atoms with Gasteiger partial charge in [0, 0.05) is 25.4 Å². The number of hydrogen-bond donors (Lipinski definition) is 0. The first kappa shape index (κ1) is 21.3. The highest BCUT2D eigenvalue weighted by molar-refractivity contribution is 5.94. The van der Waals surface area contributed by atoms with Gasteiger partial charge in [0.1, 0.15) is 16.9 Å². The average Bonchev–Trinajstić information content (AvgIpc) is 3.51. The number of nitrogens with zero attached hydrogens (tertiary/aromatic N) is 4. The second kappa shape index (κ2) is 8.64. The fraction of sp³-hybridized carbons (Fsp3) is 0.409. The van der Waals surface area contributed by atoms with Crippen LogP contribution in [0, 0.1) is 29.2 Å². The Morgan fingerprint density at radius 3 is 2.55 bits per heavy atom. The predicted molar refractivity (Wildman–Crippen MR) is 106 cm³/mol. The largest absolute Gasteiger partial charge is 0.331 e. The molecule has 31 heavy (non-hydrogen) atoms. The Labute approximate surface area is 176 Å². The minimum absolute atomic E-state index is 0.0566. The van der Waals surface area contributed by atoms with E-state index in [1.165, 1.54) is 4.90 Å². The molecule has 0 radical (unpaired) electrons. The lowest BCUT2D eigenvalue weighted by molar-refractivity contribution is 0.0722. The zero-order valence-corrected chi connectivity index (χ0v) is 17.0. The van der Waals surface area contributed by atoms with Crippen LogP contribution in [0.15, 0.2) is 24.4 Å². The Kier molecular flexibility index (Phi) is 5.93. The predicted octanol–water partition coefficient (Wildman–Crippen LogP) is 4.84. The van der Waals surface area contributed by atoms with E-state index in [4.69, 9.17) is 0 Å². The summed E-state index contributed by atoms with van der Waals surface area (Å²) in [5.41, 5.74) is 0.0910. The topological polar surface area (TPSA) is 51.0 Å². The lowest BCUT2D eigenvalue weighted by Gasteiger charge is -2.23. The van der Waals surface area contributed by atoms with Crippen molar-refractivity contribution in [3.63, 3.8) is 0 Å². The zero-order chi connectivity index (χ0) is 22.1. The molecule has 0 N–H and O–H groups in total. The highest BCUT2D eigenvalue weighted by Crippen LogP contribution is 2.32. The number of pyridine rings is 1. The van der Waals surface area contributed by atoms with Gasteiger partial charge in [0.25, 0.3) is 5.91 Å². The quantitative estimate of drug-likeness (QED) is 0.377. The Balaban J connectivity index is 1.72. The van der Waals surface area contributed by atoms with Gasteiger partial charge in [-0.1, -0.05) is 13.3 Å². The zero-order valence-electron chi connectivity index (χ0n) is 17.0. The van der Waals surface area contributed by atoms with Crippen molar-refractivity contribution in [1.82, 2.24) is 19.4 Å². The molecule has 0 aliphatic heterocycles. The van der Waals surface area contributed by atoms with Crippen molar-refractivity contribution in [2.24, 2.45) is 5.92 Å². The number of halogens is 4. The van der Waals surface area contributed by atoms with Gasteiger partial charge >= 0.3 is 0 Å². The molecule has 1 aliphatic carbocycles. The van der Waals surface area contributed by atoms with E-state index in [-0.39, 0.29) is 19.2 Å². The molecule has 1 aliphatic rings. The fourth-order valence-corrected chi connectivity index (χ4v) is 3.57. The van der Waals surface area contributed by atoms with E-state index < -0.39 is 34.7 Å². The molecular formula is C22H22F4N4O. The number of aromatic nitrogens is 3. The SMILES string of the molecule is CCCCN(Cc1nc2cccnc2n1CC1CC1)C(=O)c1c(F)c(F)cc(F)c1F. The monoisotopic (exact) mass is 434 g/mol. The molecular weight excluding hydrogens is 412 g/mol. The van der Waals surface area contributed by atoms with Crippen LogP contribution >= 0.6 is 0 Å².